The molecule has 9 nitrogen and oxygen atoms in total. The number of sulfonamides is 1. The minimum atomic E-state index is -3.64. The standard InChI is InChI=1S/C22H30FN3O6S/c1-15-19(27)24-20(28)26(15)11-5-4-6-12-33(30,31)25-22(9-10-22)16-7-8-17(23)18(13-16)32-14-21(2,3)29/h4-5,7-8,13,15,25,29H,6,9-12,14H2,1-3H3,(H,24,27,28)/b5-4+/t15-/m0/s1. The maximum absolute atomic E-state index is 14.1. The summed E-state index contributed by atoms with van der Waals surface area (Å²) in [4.78, 5) is 24.5. The lowest BCUT2D eigenvalue weighted by molar-refractivity contribution is -0.120. The molecule has 33 heavy (non-hydrogen) atoms. The Balaban J connectivity index is 1.56. The van der Waals surface area contributed by atoms with Crippen LogP contribution in [0.1, 0.15) is 45.6 Å². The molecule has 0 radical (unpaired) electrons. The van der Waals surface area contributed by atoms with Crippen molar-refractivity contribution in [1.29, 1.82) is 0 Å². The van der Waals surface area contributed by atoms with Crippen molar-refractivity contribution in [3.8, 4) is 5.75 Å². The van der Waals surface area contributed by atoms with Gasteiger partial charge in [0.25, 0.3) is 5.91 Å². The van der Waals surface area contributed by atoms with Crippen molar-refractivity contribution in [2.75, 3.05) is 18.9 Å². The van der Waals surface area contributed by atoms with Crippen LogP contribution in [0.3, 0.4) is 0 Å². The molecule has 1 heterocycles. The van der Waals surface area contributed by atoms with Crippen molar-refractivity contribution < 1.29 is 32.2 Å². The van der Waals surface area contributed by atoms with E-state index in [1.165, 1.54) is 23.1 Å². The molecular formula is C22H30FN3O6S. The van der Waals surface area contributed by atoms with Crippen LogP contribution < -0.4 is 14.8 Å². The molecular weight excluding hydrogens is 453 g/mol. The Morgan fingerprint density at radius 3 is 2.61 bits per heavy atom. The molecule has 3 N–H and O–H groups in total. The molecule has 3 rings (SSSR count). The van der Waals surface area contributed by atoms with Crippen LogP contribution in [0.25, 0.3) is 0 Å². The number of hydrogen-bond donors (Lipinski definition) is 3. The van der Waals surface area contributed by atoms with Gasteiger partial charge in [0.1, 0.15) is 12.6 Å². The number of aliphatic hydroxyl groups is 1. The van der Waals surface area contributed by atoms with Crippen molar-refractivity contribution >= 4 is 22.0 Å². The Hall–Kier alpha value is -2.50. The lowest BCUT2D eigenvalue weighted by Crippen LogP contribution is -2.36. The highest BCUT2D eigenvalue weighted by atomic mass is 32.2. The fourth-order valence-electron chi connectivity index (χ4n) is 3.46. The van der Waals surface area contributed by atoms with Gasteiger partial charge in [-0.3, -0.25) is 10.1 Å². The van der Waals surface area contributed by atoms with Gasteiger partial charge < -0.3 is 14.7 Å². The molecule has 1 saturated carbocycles. The largest absolute Gasteiger partial charge is 0.488 e. The second-order valence-corrected chi connectivity index (χ2v) is 11.0. The van der Waals surface area contributed by atoms with E-state index in [-0.39, 0.29) is 37.0 Å². The highest BCUT2D eigenvalue weighted by Crippen LogP contribution is 2.47. The maximum atomic E-state index is 14.1. The minimum Gasteiger partial charge on any atom is -0.488 e. The Morgan fingerprint density at radius 1 is 1.33 bits per heavy atom. The third-order valence-corrected chi connectivity index (χ3v) is 7.00. The SMILES string of the molecule is C[C@H]1C(=O)NC(=O)N1C/C=C/CCS(=O)(=O)NC1(c2ccc(F)c(OCC(C)(C)O)c2)CC1. The summed E-state index contributed by atoms with van der Waals surface area (Å²) in [5.74, 6) is -1.14. The molecule has 0 bridgehead atoms. The minimum absolute atomic E-state index is 0.0401. The monoisotopic (exact) mass is 483 g/mol. The first-order valence-electron chi connectivity index (χ1n) is 10.8. The van der Waals surface area contributed by atoms with Gasteiger partial charge in [-0.15, -0.1) is 0 Å². The predicted molar refractivity (Wildman–Crippen MR) is 119 cm³/mol. The number of urea groups is 1. The Labute approximate surface area is 193 Å². The van der Waals surface area contributed by atoms with Crippen molar-refractivity contribution in [2.45, 2.75) is 57.2 Å². The van der Waals surface area contributed by atoms with Crippen molar-refractivity contribution in [2.24, 2.45) is 0 Å². The van der Waals surface area contributed by atoms with Crippen molar-refractivity contribution in [1.82, 2.24) is 14.9 Å². The first kappa shape index (κ1) is 25.1. The highest BCUT2D eigenvalue weighted by Gasteiger charge is 2.47. The zero-order valence-corrected chi connectivity index (χ0v) is 19.7. The summed E-state index contributed by atoms with van der Waals surface area (Å²) >= 11 is 0. The summed E-state index contributed by atoms with van der Waals surface area (Å²) in [5, 5.41) is 12.0. The quantitative estimate of drug-likeness (QED) is 0.325. The number of amides is 3. The average molecular weight is 484 g/mol. The molecule has 1 atom stereocenters. The second-order valence-electron chi connectivity index (χ2n) is 9.13. The molecule has 182 valence electrons. The molecule has 2 aliphatic rings. The molecule has 2 fully saturated rings. The van der Waals surface area contributed by atoms with E-state index in [0.29, 0.717) is 18.4 Å². The Bertz CT molecular complexity index is 1050. The first-order chi connectivity index (χ1) is 15.3. The Morgan fingerprint density at radius 2 is 2.03 bits per heavy atom. The summed E-state index contributed by atoms with van der Waals surface area (Å²) < 4.78 is 47.5. The number of carbonyl (C=O) groups is 2. The first-order valence-corrected chi connectivity index (χ1v) is 12.4. The maximum Gasteiger partial charge on any atom is 0.325 e. The van der Waals surface area contributed by atoms with E-state index >= 15 is 0 Å². The van der Waals surface area contributed by atoms with E-state index in [2.05, 4.69) is 10.0 Å². The number of hydrogen-bond acceptors (Lipinski definition) is 6. The second kappa shape index (κ2) is 9.40. The van der Waals surface area contributed by atoms with Crippen LogP contribution >= 0.6 is 0 Å². The zero-order valence-electron chi connectivity index (χ0n) is 18.9. The number of rotatable bonds is 11. The van der Waals surface area contributed by atoms with Gasteiger partial charge >= 0.3 is 6.03 Å². The molecule has 1 aromatic rings. The third-order valence-electron chi connectivity index (χ3n) is 5.53. The lowest BCUT2D eigenvalue weighted by Gasteiger charge is -2.21. The highest BCUT2D eigenvalue weighted by molar-refractivity contribution is 7.89. The molecule has 1 aliphatic heterocycles. The number of allylic oxidation sites excluding steroid dienone is 1. The van der Waals surface area contributed by atoms with Gasteiger partial charge in [-0.05, 0) is 57.7 Å². The summed E-state index contributed by atoms with van der Waals surface area (Å²) in [7, 11) is -3.64. The van der Waals surface area contributed by atoms with E-state index < -0.39 is 39.1 Å². The molecule has 1 aromatic carbocycles. The van der Waals surface area contributed by atoms with Crippen LogP contribution in [-0.4, -0.2) is 60.9 Å². The van der Waals surface area contributed by atoms with E-state index in [1.807, 2.05) is 0 Å². The molecule has 1 saturated heterocycles. The lowest BCUT2D eigenvalue weighted by atomic mass is 10.1. The van der Waals surface area contributed by atoms with Crippen LogP contribution in [0, 0.1) is 5.82 Å². The number of carbonyl (C=O) groups excluding carboxylic acids is 2. The van der Waals surface area contributed by atoms with Crippen LogP contribution in [0.5, 0.6) is 5.75 Å². The number of imide groups is 1. The van der Waals surface area contributed by atoms with Gasteiger partial charge in [0.2, 0.25) is 10.0 Å². The van der Waals surface area contributed by atoms with Gasteiger partial charge in [-0.2, -0.15) is 0 Å². The van der Waals surface area contributed by atoms with E-state index in [0.717, 1.165) is 0 Å². The number of nitrogens with zero attached hydrogens (tertiary/aromatic N) is 1. The number of benzene rings is 1. The molecule has 1 aliphatic carbocycles. The fraction of sp³-hybridized carbons (Fsp3) is 0.545. The van der Waals surface area contributed by atoms with E-state index in [9.17, 15) is 27.5 Å². The molecule has 0 unspecified atom stereocenters. The summed E-state index contributed by atoms with van der Waals surface area (Å²) in [5.41, 5.74) is -1.33. The van der Waals surface area contributed by atoms with Gasteiger partial charge in [-0.25, -0.2) is 22.3 Å². The summed E-state index contributed by atoms with van der Waals surface area (Å²) in [6.07, 6.45) is 4.70. The van der Waals surface area contributed by atoms with Crippen molar-refractivity contribution in [3.63, 3.8) is 0 Å². The van der Waals surface area contributed by atoms with Crippen LogP contribution in [0.4, 0.5) is 9.18 Å². The fourth-order valence-corrected chi connectivity index (χ4v) is 4.92. The third kappa shape index (κ3) is 6.52. The Kier molecular flexibility index (Phi) is 7.15. The van der Waals surface area contributed by atoms with E-state index in [4.69, 9.17) is 4.74 Å². The van der Waals surface area contributed by atoms with Crippen LogP contribution in [-0.2, 0) is 20.4 Å². The zero-order chi connectivity index (χ0) is 24.4. The van der Waals surface area contributed by atoms with Gasteiger partial charge in [-0.1, -0.05) is 18.2 Å². The van der Waals surface area contributed by atoms with Crippen LogP contribution in [0.15, 0.2) is 30.4 Å². The smallest absolute Gasteiger partial charge is 0.325 e. The number of ether oxygens (including phenoxy) is 1. The number of nitrogens with one attached hydrogen (secondary N) is 2. The topological polar surface area (TPSA) is 125 Å². The average Bonchev–Trinajstić information content (AvgIpc) is 3.43. The molecule has 0 spiro atoms. The van der Waals surface area contributed by atoms with Gasteiger partial charge in [0.15, 0.2) is 11.6 Å². The molecule has 3 amide bonds. The summed E-state index contributed by atoms with van der Waals surface area (Å²) in [6.45, 7) is 4.80. The van der Waals surface area contributed by atoms with Gasteiger partial charge in [0.05, 0.1) is 16.9 Å². The van der Waals surface area contributed by atoms with E-state index in [1.54, 1.807) is 32.9 Å². The normalized spacial score (nSPS) is 20.4. The number of halogens is 1. The summed E-state index contributed by atoms with van der Waals surface area (Å²) in [6, 6.07) is 3.21. The van der Waals surface area contributed by atoms with Crippen molar-refractivity contribution in [3.05, 3.63) is 41.7 Å². The predicted octanol–water partition coefficient (Wildman–Crippen LogP) is 1.77. The molecule has 0 aromatic heterocycles. The van der Waals surface area contributed by atoms with Gasteiger partial charge in [0, 0.05) is 6.54 Å². The van der Waals surface area contributed by atoms with Crippen LogP contribution in [0.2, 0.25) is 0 Å². The molecule has 11 heteroatoms.